The molecule has 4 nitrogen and oxygen atoms in total. The SMILES string of the molecule is O=C1/C(=C/c2ccc(O)cc2)SC(=Nc2ccccc2)N1C1CCCC1. The lowest BCUT2D eigenvalue weighted by molar-refractivity contribution is -0.123. The van der Waals surface area contributed by atoms with Crippen LogP contribution in [0.1, 0.15) is 31.2 Å². The molecule has 132 valence electrons. The molecular formula is C21H20N2O2S. The van der Waals surface area contributed by atoms with Crippen LogP contribution in [0.15, 0.2) is 64.5 Å². The van der Waals surface area contributed by atoms with Gasteiger partial charge in [0, 0.05) is 6.04 Å². The second-order valence-corrected chi connectivity index (χ2v) is 7.55. The van der Waals surface area contributed by atoms with E-state index in [0.717, 1.165) is 42.1 Å². The third kappa shape index (κ3) is 3.53. The number of carbonyl (C=O) groups is 1. The van der Waals surface area contributed by atoms with Gasteiger partial charge in [0.05, 0.1) is 10.6 Å². The van der Waals surface area contributed by atoms with Gasteiger partial charge in [-0.2, -0.15) is 0 Å². The highest BCUT2D eigenvalue weighted by Gasteiger charge is 2.39. The largest absolute Gasteiger partial charge is 0.508 e. The van der Waals surface area contributed by atoms with Crippen molar-refractivity contribution in [2.24, 2.45) is 4.99 Å². The summed E-state index contributed by atoms with van der Waals surface area (Å²) in [7, 11) is 0. The fourth-order valence-electron chi connectivity index (χ4n) is 3.38. The molecule has 1 amide bonds. The number of hydrogen-bond donors (Lipinski definition) is 1. The molecule has 0 unspecified atom stereocenters. The van der Waals surface area contributed by atoms with Crippen LogP contribution in [0.3, 0.4) is 0 Å². The van der Waals surface area contributed by atoms with E-state index in [-0.39, 0.29) is 17.7 Å². The summed E-state index contributed by atoms with van der Waals surface area (Å²) in [6.45, 7) is 0. The molecule has 1 N–H and O–H groups in total. The number of nitrogens with zero attached hydrogens (tertiary/aromatic N) is 2. The molecule has 2 aliphatic rings. The topological polar surface area (TPSA) is 52.9 Å². The Balaban J connectivity index is 1.69. The Labute approximate surface area is 157 Å². The lowest BCUT2D eigenvalue weighted by Crippen LogP contribution is -2.37. The number of aliphatic imine (C=N–C) groups is 1. The van der Waals surface area contributed by atoms with E-state index in [1.807, 2.05) is 53.4 Å². The zero-order valence-electron chi connectivity index (χ0n) is 14.3. The highest BCUT2D eigenvalue weighted by molar-refractivity contribution is 8.18. The van der Waals surface area contributed by atoms with Gasteiger partial charge in [-0.15, -0.1) is 0 Å². The Bertz CT molecular complexity index is 853. The number of phenolic OH excluding ortho intramolecular Hbond substituents is 1. The number of amides is 1. The van der Waals surface area contributed by atoms with Crippen LogP contribution in [0.2, 0.25) is 0 Å². The van der Waals surface area contributed by atoms with Crippen molar-refractivity contribution in [3.05, 3.63) is 65.1 Å². The summed E-state index contributed by atoms with van der Waals surface area (Å²) in [5.74, 6) is 0.251. The summed E-state index contributed by atoms with van der Waals surface area (Å²) in [5, 5.41) is 10.2. The smallest absolute Gasteiger partial charge is 0.267 e. The Kier molecular flexibility index (Phi) is 4.80. The zero-order valence-corrected chi connectivity index (χ0v) is 15.2. The van der Waals surface area contributed by atoms with Crippen LogP contribution in [0.4, 0.5) is 5.69 Å². The molecule has 0 atom stereocenters. The quantitative estimate of drug-likeness (QED) is 0.785. The number of thioether (sulfide) groups is 1. The van der Waals surface area contributed by atoms with E-state index in [1.54, 1.807) is 12.1 Å². The first kappa shape index (κ1) is 16.9. The van der Waals surface area contributed by atoms with Crippen LogP contribution in [-0.2, 0) is 4.79 Å². The lowest BCUT2D eigenvalue weighted by atomic mass is 10.2. The van der Waals surface area contributed by atoms with Crippen molar-refractivity contribution in [2.45, 2.75) is 31.7 Å². The molecule has 1 saturated heterocycles. The van der Waals surface area contributed by atoms with Gasteiger partial charge in [-0.1, -0.05) is 43.2 Å². The molecule has 1 saturated carbocycles. The van der Waals surface area contributed by atoms with Gasteiger partial charge in [0.15, 0.2) is 5.17 Å². The lowest BCUT2D eigenvalue weighted by Gasteiger charge is -2.22. The monoisotopic (exact) mass is 364 g/mol. The van der Waals surface area contributed by atoms with Crippen molar-refractivity contribution < 1.29 is 9.90 Å². The summed E-state index contributed by atoms with van der Waals surface area (Å²) in [5.41, 5.74) is 1.75. The van der Waals surface area contributed by atoms with Crippen molar-refractivity contribution >= 4 is 34.6 Å². The maximum absolute atomic E-state index is 13.1. The molecule has 0 spiro atoms. The van der Waals surface area contributed by atoms with Crippen LogP contribution in [0.25, 0.3) is 6.08 Å². The molecular weight excluding hydrogens is 344 g/mol. The van der Waals surface area contributed by atoms with Crippen molar-refractivity contribution in [1.29, 1.82) is 0 Å². The average Bonchev–Trinajstić information content (AvgIpc) is 3.27. The van der Waals surface area contributed by atoms with Crippen LogP contribution in [-0.4, -0.2) is 27.1 Å². The Hall–Kier alpha value is -2.53. The molecule has 2 aromatic carbocycles. The van der Waals surface area contributed by atoms with Gasteiger partial charge in [0.25, 0.3) is 5.91 Å². The van der Waals surface area contributed by atoms with Crippen molar-refractivity contribution in [3.8, 4) is 5.75 Å². The Morgan fingerprint density at radius 1 is 1.04 bits per heavy atom. The molecule has 4 rings (SSSR count). The predicted molar refractivity (Wildman–Crippen MR) is 106 cm³/mol. The van der Waals surface area contributed by atoms with E-state index in [2.05, 4.69) is 0 Å². The first-order chi connectivity index (χ1) is 12.7. The molecule has 26 heavy (non-hydrogen) atoms. The van der Waals surface area contributed by atoms with Gasteiger partial charge in [-0.25, -0.2) is 4.99 Å². The van der Waals surface area contributed by atoms with Crippen molar-refractivity contribution in [3.63, 3.8) is 0 Å². The van der Waals surface area contributed by atoms with E-state index in [1.165, 1.54) is 11.8 Å². The number of benzene rings is 2. The second-order valence-electron chi connectivity index (χ2n) is 6.55. The standard InChI is InChI=1S/C21H20N2O2S/c24-18-12-10-15(11-13-18)14-19-20(25)23(17-8-4-5-9-17)21(26-19)22-16-6-2-1-3-7-16/h1-3,6-7,10-14,17,24H,4-5,8-9H2/b19-14-,22-21?. The number of hydrogen-bond acceptors (Lipinski definition) is 4. The zero-order chi connectivity index (χ0) is 17.9. The van der Waals surface area contributed by atoms with Gasteiger partial charge in [0.2, 0.25) is 0 Å². The number of phenols is 1. The van der Waals surface area contributed by atoms with Gasteiger partial charge in [-0.05, 0) is 60.5 Å². The Morgan fingerprint density at radius 3 is 2.42 bits per heavy atom. The van der Waals surface area contributed by atoms with Gasteiger partial charge >= 0.3 is 0 Å². The van der Waals surface area contributed by atoms with Crippen molar-refractivity contribution in [2.75, 3.05) is 0 Å². The third-order valence-electron chi connectivity index (χ3n) is 4.70. The van der Waals surface area contributed by atoms with Crippen LogP contribution >= 0.6 is 11.8 Å². The van der Waals surface area contributed by atoms with Crippen LogP contribution < -0.4 is 0 Å². The maximum Gasteiger partial charge on any atom is 0.267 e. The third-order valence-corrected chi connectivity index (χ3v) is 5.68. The molecule has 1 aliphatic carbocycles. The van der Waals surface area contributed by atoms with Crippen LogP contribution in [0.5, 0.6) is 5.75 Å². The van der Waals surface area contributed by atoms with E-state index in [0.29, 0.717) is 4.91 Å². The summed E-state index contributed by atoms with van der Waals surface area (Å²) >= 11 is 1.43. The van der Waals surface area contributed by atoms with Crippen LogP contribution in [0, 0.1) is 0 Å². The minimum Gasteiger partial charge on any atom is -0.508 e. The summed E-state index contributed by atoms with van der Waals surface area (Å²) in [6, 6.07) is 16.9. The first-order valence-electron chi connectivity index (χ1n) is 8.86. The summed E-state index contributed by atoms with van der Waals surface area (Å²) in [4.78, 5) is 20.4. The Morgan fingerprint density at radius 2 is 1.73 bits per heavy atom. The normalized spacial score (nSPS) is 21.2. The predicted octanol–water partition coefficient (Wildman–Crippen LogP) is 4.94. The van der Waals surface area contributed by atoms with E-state index in [9.17, 15) is 9.90 Å². The fourth-order valence-corrected chi connectivity index (χ4v) is 4.44. The molecule has 2 aromatic rings. The molecule has 0 radical (unpaired) electrons. The molecule has 1 aliphatic heterocycles. The second kappa shape index (κ2) is 7.38. The summed E-state index contributed by atoms with van der Waals surface area (Å²) in [6.07, 6.45) is 6.27. The highest BCUT2D eigenvalue weighted by atomic mass is 32.2. The number of para-hydroxylation sites is 1. The number of aromatic hydroxyl groups is 1. The molecule has 0 aromatic heterocycles. The molecule has 1 heterocycles. The first-order valence-corrected chi connectivity index (χ1v) is 9.68. The number of amidine groups is 1. The molecule has 5 heteroatoms. The van der Waals surface area contributed by atoms with Crippen molar-refractivity contribution in [1.82, 2.24) is 4.90 Å². The minimum atomic E-state index is 0.0321. The number of rotatable bonds is 3. The van der Waals surface area contributed by atoms with E-state index >= 15 is 0 Å². The van der Waals surface area contributed by atoms with E-state index < -0.39 is 0 Å². The molecule has 2 fully saturated rings. The van der Waals surface area contributed by atoms with Gasteiger partial charge in [0.1, 0.15) is 5.75 Å². The average molecular weight is 364 g/mol. The minimum absolute atomic E-state index is 0.0321. The number of carbonyl (C=O) groups excluding carboxylic acids is 1. The fraction of sp³-hybridized carbons (Fsp3) is 0.238. The van der Waals surface area contributed by atoms with Gasteiger partial charge < -0.3 is 5.11 Å². The summed E-state index contributed by atoms with van der Waals surface area (Å²) < 4.78 is 0. The molecule has 0 bridgehead atoms. The van der Waals surface area contributed by atoms with E-state index in [4.69, 9.17) is 4.99 Å². The highest BCUT2D eigenvalue weighted by Crippen LogP contribution is 2.38. The maximum atomic E-state index is 13.1. The van der Waals surface area contributed by atoms with Gasteiger partial charge in [-0.3, -0.25) is 9.69 Å².